The van der Waals surface area contributed by atoms with Gasteiger partial charge in [0.25, 0.3) is 0 Å². The van der Waals surface area contributed by atoms with E-state index in [9.17, 15) is 0 Å². The quantitative estimate of drug-likeness (QED) is 0.575. The van der Waals surface area contributed by atoms with Crippen LogP contribution in [0.3, 0.4) is 0 Å². The van der Waals surface area contributed by atoms with Crippen LogP contribution in [-0.4, -0.2) is 14.6 Å². The van der Waals surface area contributed by atoms with Crippen LogP contribution in [0.5, 0.6) is 0 Å². The fraction of sp³-hybridized carbons (Fsp3) is 0.333. The first-order chi connectivity index (χ1) is 6.58. The second-order valence-corrected chi connectivity index (χ2v) is 9.02. The Morgan fingerprint density at radius 2 is 1.79 bits per heavy atom. The predicted molar refractivity (Wildman–Crippen MR) is 66.1 cm³/mol. The van der Waals surface area contributed by atoms with Crippen molar-refractivity contribution in [3.05, 3.63) is 30.3 Å². The Labute approximate surface area is 87.6 Å². The Bertz CT molecular complexity index is 327. The summed E-state index contributed by atoms with van der Waals surface area (Å²) >= 11 is 0. The fourth-order valence-electron chi connectivity index (χ4n) is 1.01. The third-order valence-corrected chi connectivity index (χ3v) is 2.54. The number of para-hydroxylation sites is 1. The van der Waals surface area contributed by atoms with Gasteiger partial charge in [-0.3, -0.25) is 0 Å². The van der Waals surface area contributed by atoms with Crippen molar-refractivity contribution in [1.82, 2.24) is 0 Å². The predicted octanol–water partition coefficient (Wildman–Crippen LogP) is 2.98. The van der Waals surface area contributed by atoms with Gasteiger partial charge in [-0.15, -0.1) is 5.54 Å². The van der Waals surface area contributed by atoms with Crippen LogP contribution < -0.4 is 5.32 Å². The second-order valence-electron chi connectivity index (χ2n) is 4.27. The Hall–Kier alpha value is -1.20. The molecule has 0 amide bonds. The standard InChI is InChI=1S/C12H17NSi/c1-14(2,3)11-7-10-13-12-8-5-4-6-9-12/h4-6,8-9,13H,10H2,1-3H3. The highest BCUT2D eigenvalue weighted by molar-refractivity contribution is 6.83. The van der Waals surface area contributed by atoms with Gasteiger partial charge < -0.3 is 5.32 Å². The number of hydrogen-bond donors (Lipinski definition) is 1. The van der Waals surface area contributed by atoms with Gasteiger partial charge in [-0.25, -0.2) is 0 Å². The molecular weight excluding hydrogens is 186 g/mol. The Morgan fingerprint density at radius 3 is 2.36 bits per heavy atom. The van der Waals surface area contributed by atoms with Gasteiger partial charge in [0.15, 0.2) is 0 Å². The molecule has 0 heterocycles. The summed E-state index contributed by atoms with van der Waals surface area (Å²) in [4.78, 5) is 0. The van der Waals surface area contributed by atoms with Crippen LogP contribution in [0.25, 0.3) is 0 Å². The van der Waals surface area contributed by atoms with Gasteiger partial charge in [0, 0.05) is 5.69 Å². The lowest BCUT2D eigenvalue weighted by atomic mass is 10.3. The van der Waals surface area contributed by atoms with Gasteiger partial charge in [-0.05, 0) is 12.1 Å². The number of hydrogen-bond acceptors (Lipinski definition) is 1. The average molecular weight is 203 g/mol. The van der Waals surface area contributed by atoms with Crippen molar-refractivity contribution in [2.75, 3.05) is 11.9 Å². The lowest BCUT2D eigenvalue weighted by Gasteiger charge is -2.04. The molecule has 0 aliphatic carbocycles. The van der Waals surface area contributed by atoms with E-state index in [1.165, 1.54) is 0 Å². The van der Waals surface area contributed by atoms with Crippen molar-refractivity contribution in [2.45, 2.75) is 19.6 Å². The molecule has 1 N–H and O–H groups in total. The Morgan fingerprint density at radius 1 is 1.14 bits per heavy atom. The maximum Gasteiger partial charge on any atom is 0.129 e. The molecule has 2 heteroatoms. The van der Waals surface area contributed by atoms with E-state index >= 15 is 0 Å². The third kappa shape index (κ3) is 4.73. The second kappa shape index (κ2) is 4.87. The van der Waals surface area contributed by atoms with Crippen molar-refractivity contribution in [1.29, 1.82) is 0 Å². The summed E-state index contributed by atoms with van der Waals surface area (Å²) in [5.74, 6) is 3.17. The molecule has 14 heavy (non-hydrogen) atoms. The van der Waals surface area contributed by atoms with Gasteiger partial charge in [0.1, 0.15) is 8.07 Å². The van der Waals surface area contributed by atoms with E-state index in [0.717, 1.165) is 12.2 Å². The smallest absolute Gasteiger partial charge is 0.129 e. The molecule has 1 aromatic carbocycles. The van der Waals surface area contributed by atoms with Gasteiger partial charge in [0.05, 0.1) is 6.54 Å². The van der Waals surface area contributed by atoms with Crippen LogP contribution in [0.4, 0.5) is 5.69 Å². The summed E-state index contributed by atoms with van der Waals surface area (Å²) in [7, 11) is -1.20. The molecule has 0 spiro atoms. The molecule has 0 aromatic heterocycles. The molecule has 0 radical (unpaired) electrons. The van der Waals surface area contributed by atoms with Gasteiger partial charge in [-0.1, -0.05) is 43.8 Å². The van der Waals surface area contributed by atoms with Crippen LogP contribution in [0.15, 0.2) is 30.3 Å². The molecule has 1 aromatic rings. The molecular formula is C12H17NSi. The number of benzene rings is 1. The summed E-state index contributed by atoms with van der Waals surface area (Å²) in [6, 6.07) is 10.2. The van der Waals surface area contributed by atoms with Crippen LogP contribution >= 0.6 is 0 Å². The number of nitrogens with one attached hydrogen (secondary N) is 1. The van der Waals surface area contributed by atoms with Crippen molar-refractivity contribution in [2.24, 2.45) is 0 Å². The van der Waals surface area contributed by atoms with E-state index in [4.69, 9.17) is 0 Å². The maximum absolute atomic E-state index is 3.32. The lowest BCUT2D eigenvalue weighted by molar-refractivity contribution is 1.38. The minimum absolute atomic E-state index is 0.744. The van der Waals surface area contributed by atoms with E-state index in [1.54, 1.807) is 0 Å². The molecule has 0 saturated carbocycles. The van der Waals surface area contributed by atoms with Crippen molar-refractivity contribution in [3.63, 3.8) is 0 Å². The molecule has 74 valence electrons. The minimum atomic E-state index is -1.20. The largest absolute Gasteiger partial charge is 0.374 e. The summed E-state index contributed by atoms with van der Waals surface area (Å²) in [5.41, 5.74) is 4.45. The number of anilines is 1. The highest BCUT2D eigenvalue weighted by Crippen LogP contribution is 2.03. The summed E-state index contributed by atoms with van der Waals surface area (Å²) < 4.78 is 0. The third-order valence-electron chi connectivity index (χ3n) is 1.62. The molecule has 0 saturated heterocycles. The molecule has 0 fully saturated rings. The molecule has 0 unspecified atom stereocenters. The van der Waals surface area contributed by atoms with Crippen molar-refractivity contribution in [3.8, 4) is 11.5 Å². The first kappa shape index (κ1) is 10.9. The summed E-state index contributed by atoms with van der Waals surface area (Å²) in [6.45, 7) is 7.50. The highest BCUT2D eigenvalue weighted by Gasteiger charge is 2.06. The van der Waals surface area contributed by atoms with E-state index < -0.39 is 8.07 Å². The normalized spacial score (nSPS) is 10.2. The minimum Gasteiger partial charge on any atom is -0.374 e. The van der Waals surface area contributed by atoms with Gasteiger partial charge in [0.2, 0.25) is 0 Å². The molecule has 0 aliphatic heterocycles. The molecule has 1 nitrogen and oxygen atoms in total. The first-order valence-corrected chi connectivity index (χ1v) is 8.37. The molecule has 0 aliphatic rings. The first-order valence-electron chi connectivity index (χ1n) is 4.87. The molecule has 0 atom stereocenters. The maximum atomic E-state index is 3.32. The van der Waals surface area contributed by atoms with E-state index in [2.05, 4.69) is 48.6 Å². The monoisotopic (exact) mass is 203 g/mol. The Kier molecular flexibility index (Phi) is 3.79. The topological polar surface area (TPSA) is 12.0 Å². The van der Waals surface area contributed by atoms with Gasteiger partial charge in [-0.2, -0.15) is 0 Å². The van der Waals surface area contributed by atoms with Crippen LogP contribution in [0, 0.1) is 11.5 Å². The van der Waals surface area contributed by atoms with E-state index in [1.807, 2.05) is 18.2 Å². The fourth-order valence-corrected chi connectivity index (χ4v) is 1.63. The number of rotatable bonds is 2. The van der Waals surface area contributed by atoms with E-state index in [0.29, 0.717) is 0 Å². The Balaban J connectivity index is 2.39. The summed E-state index contributed by atoms with van der Waals surface area (Å²) in [6.07, 6.45) is 0. The highest BCUT2D eigenvalue weighted by atomic mass is 28.3. The van der Waals surface area contributed by atoms with Crippen molar-refractivity contribution >= 4 is 13.8 Å². The van der Waals surface area contributed by atoms with Crippen molar-refractivity contribution < 1.29 is 0 Å². The lowest BCUT2D eigenvalue weighted by Crippen LogP contribution is -2.17. The molecule has 0 bridgehead atoms. The molecule has 1 rings (SSSR count). The summed E-state index contributed by atoms with van der Waals surface area (Å²) in [5, 5.41) is 3.27. The van der Waals surface area contributed by atoms with E-state index in [-0.39, 0.29) is 0 Å². The zero-order valence-electron chi connectivity index (χ0n) is 9.09. The zero-order valence-corrected chi connectivity index (χ0v) is 10.1. The zero-order chi connectivity index (χ0) is 10.4. The van der Waals surface area contributed by atoms with Crippen LogP contribution in [0.2, 0.25) is 19.6 Å². The average Bonchev–Trinajstić information content (AvgIpc) is 2.13. The van der Waals surface area contributed by atoms with Crippen LogP contribution in [-0.2, 0) is 0 Å². The van der Waals surface area contributed by atoms with Gasteiger partial charge >= 0.3 is 0 Å². The SMILES string of the molecule is C[Si](C)(C)C#CCNc1ccccc1. The van der Waals surface area contributed by atoms with Crippen LogP contribution in [0.1, 0.15) is 0 Å².